The molecule has 0 radical (unpaired) electrons. The number of carbonyl (C=O) groups is 2. The maximum absolute atomic E-state index is 12.6. The van der Waals surface area contributed by atoms with Crippen LogP contribution < -0.4 is 5.32 Å². The van der Waals surface area contributed by atoms with Gasteiger partial charge in [-0.3, -0.25) is 14.6 Å². The summed E-state index contributed by atoms with van der Waals surface area (Å²) in [5.74, 6) is -0.0812. The molecule has 1 N–H and O–H groups in total. The highest BCUT2D eigenvalue weighted by Gasteiger charge is 2.24. The van der Waals surface area contributed by atoms with E-state index in [1.165, 1.54) is 0 Å². The van der Waals surface area contributed by atoms with Crippen molar-refractivity contribution in [2.75, 3.05) is 31.5 Å². The van der Waals surface area contributed by atoms with E-state index < -0.39 is 0 Å². The zero-order valence-electron chi connectivity index (χ0n) is 13.9. The molecule has 2 amide bonds. The molecule has 2 heterocycles. The van der Waals surface area contributed by atoms with Crippen LogP contribution in [-0.2, 0) is 4.79 Å². The molecular weight excluding hydrogens is 340 g/mol. The summed E-state index contributed by atoms with van der Waals surface area (Å²) in [6.07, 6.45) is 1.61. The van der Waals surface area contributed by atoms with E-state index in [0.29, 0.717) is 36.9 Å². The zero-order valence-corrected chi connectivity index (χ0v) is 14.7. The maximum atomic E-state index is 12.6. The Morgan fingerprint density at radius 3 is 2.28 bits per heavy atom. The molecule has 7 heteroatoms. The van der Waals surface area contributed by atoms with E-state index in [0.717, 1.165) is 11.4 Å². The molecule has 130 valence electrons. The number of aromatic nitrogens is 1. The van der Waals surface area contributed by atoms with Gasteiger partial charge in [-0.1, -0.05) is 11.6 Å². The average Bonchev–Trinajstić information content (AvgIpc) is 2.63. The van der Waals surface area contributed by atoms with Crippen LogP contribution in [0.5, 0.6) is 0 Å². The first-order valence-corrected chi connectivity index (χ1v) is 8.44. The average molecular weight is 359 g/mol. The van der Waals surface area contributed by atoms with Crippen LogP contribution >= 0.6 is 11.6 Å². The Hall–Kier alpha value is -2.60. The van der Waals surface area contributed by atoms with E-state index in [4.69, 9.17) is 11.6 Å². The third-order valence-corrected chi connectivity index (χ3v) is 4.38. The van der Waals surface area contributed by atoms with Gasteiger partial charge in [-0.25, -0.2) is 0 Å². The van der Waals surface area contributed by atoms with Crippen LogP contribution in [0.15, 0.2) is 42.6 Å². The highest BCUT2D eigenvalue weighted by atomic mass is 35.5. The van der Waals surface area contributed by atoms with Gasteiger partial charge < -0.3 is 15.1 Å². The van der Waals surface area contributed by atoms with Gasteiger partial charge in [0.05, 0.1) is 0 Å². The second kappa shape index (κ2) is 7.53. The van der Waals surface area contributed by atoms with Crippen molar-refractivity contribution in [3.63, 3.8) is 0 Å². The molecule has 1 aromatic heterocycles. The fourth-order valence-corrected chi connectivity index (χ4v) is 2.84. The van der Waals surface area contributed by atoms with Gasteiger partial charge in [0.15, 0.2) is 0 Å². The van der Waals surface area contributed by atoms with Crippen molar-refractivity contribution in [1.29, 1.82) is 0 Å². The Morgan fingerprint density at radius 2 is 1.64 bits per heavy atom. The standard InChI is InChI=1S/C18H19ClN4O2/c1-13(24)22-8-10-23(11-9-22)18(25)17-12-16(6-7-20-17)21-15-4-2-14(19)3-5-15/h2-7,12H,8-11H2,1H3,(H,20,21). The number of hydrogen-bond donors (Lipinski definition) is 1. The second-order valence-corrected chi connectivity index (χ2v) is 6.30. The predicted molar refractivity (Wildman–Crippen MR) is 97.1 cm³/mol. The van der Waals surface area contributed by atoms with Crippen LogP contribution in [0.1, 0.15) is 17.4 Å². The van der Waals surface area contributed by atoms with Gasteiger partial charge in [0.25, 0.3) is 5.91 Å². The minimum atomic E-state index is -0.122. The lowest BCUT2D eigenvalue weighted by Crippen LogP contribution is -2.50. The summed E-state index contributed by atoms with van der Waals surface area (Å²) < 4.78 is 0. The van der Waals surface area contributed by atoms with Crippen LogP contribution in [0.25, 0.3) is 0 Å². The lowest BCUT2D eigenvalue weighted by Gasteiger charge is -2.34. The lowest BCUT2D eigenvalue weighted by atomic mass is 10.2. The van der Waals surface area contributed by atoms with Crippen LogP contribution in [0.3, 0.4) is 0 Å². The molecule has 0 unspecified atom stereocenters. The van der Waals surface area contributed by atoms with E-state index >= 15 is 0 Å². The molecule has 6 nitrogen and oxygen atoms in total. The Kier molecular flexibility index (Phi) is 5.19. The number of nitrogens with one attached hydrogen (secondary N) is 1. The van der Waals surface area contributed by atoms with Gasteiger partial charge in [0.2, 0.25) is 5.91 Å². The third kappa shape index (κ3) is 4.28. The molecule has 25 heavy (non-hydrogen) atoms. The molecule has 1 aromatic carbocycles. The number of halogens is 1. The first kappa shape index (κ1) is 17.2. The summed E-state index contributed by atoms with van der Waals surface area (Å²) in [6.45, 7) is 3.71. The molecule has 0 aliphatic carbocycles. The minimum Gasteiger partial charge on any atom is -0.355 e. The number of amides is 2. The van der Waals surface area contributed by atoms with Gasteiger partial charge in [-0.2, -0.15) is 0 Å². The molecule has 0 saturated carbocycles. The summed E-state index contributed by atoms with van der Waals surface area (Å²) in [5.41, 5.74) is 2.04. The molecular formula is C18H19ClN4O2. The number of rotatable bonds is 3. The van der Waals surface area contributed by atoms with Crippen LogP contribution in [0.4, 0.5) is 11.4 Å². The van der Waals surface area contributed by atoms with E-state index in [1.54, 1.807) is 47.2 Å². The molecule has 0 atom stereocenters. The number of benzene rings is 1. The number of anilines is 2. The van der Waals surface area contributed by atoms with Crippen molar-refractivity contribution in [3.8, 4) is 0 Å². The van der Waals surface area contributed by atoms with E-state index in [-0.39, 0.29) is 11.8 Å². The number of nitrogens with zero attached hydrogens (tertiary/aromatic N) is 3. The molecule has 2 aromatic rings. The Morgan fingerprint density at radius 1 is 1.00 bits per heavy atom. The lowest BCUT2D eigenvalue weighted by molar-refractivity contribution is -0.130. The van der Waals surface area contributed by atoms with Crippen LogP contribution in [-0.4, -0.2) is 52.8 Å². The van der Waals surface area contributed by atoms with Crippen molar-refractivity contribution >= 4 is 34.8 Å². The second-order valence-electron chi connectivity index (χ2n) is 5.86. The van der Waals surface area contributed by atoms with E-state index in [9.17, 15) is 9.59 Å². The van der Waals surface area contributed by atoms with Gasteiger partial charge in [-0.05, 0) is 36.4 Å². The normalized spacial score (nSPS) is 14.3. The summed E-state index contributed by atoms with van der Waals surface area (Å²) in [4.78, 5) is 31.7. The van der Waals surface area contributed by atoms with Gasteiger partial charge in [-0.15, -0.1) is 0 Å². The summed E-state index contributed by atoms with van der Waals surface area (Å²) in [5, 5.41) is 3.90. The molecule has 1 aliphatic rings. The van der Waals surface area contributed by atoms with Gasteiger partial charge in [0.1, 0.15) is 5.69 Å². The van der Waals surface area contributed by atoms with E-state index in [1.807, 2.05) is 12.1 Å². The highest BCUT2D eigenvalue weighted by molar-refractivity contribution is 6.30. The molecule has 3 rings (SSSR count). The minimum absolute atomic E-state index is 0.0411. The monoisotopic (exact) mass is 358 g/mol. The fraction of sp³-hybridized carbons (Fsp3) is 0.278. The zero-order chi connectivity index (χ0) is 17.8. The number of hydrogen-bond acceptors (Lipinski definition) is 4. The molecule has 1 fully saturated rings. The van der Waals surface area contributed by atoms with Crippen molar-refractivity contribution in [1.82, 2.24) is 14.8 Å². The Bertz CT molecular complexity index is 771. The molecule has 1 saturated heterocycles. The molecule has 0 spiro atoms. The van der Waals surface area contributed by atoms with Crippen molar-refractivity contribution in [2.45, 2.75) is 6.92 Å². The number of carbonyl (C=O) groups excluding carboxylic acids is 2. The SMILES string of the molecule is CC(=O)N1CCN(C(=O)c2cc(Nc3ccc(Cl)cc3)ccn2)CC1. The Balaban J connectivity index is 1.67. The number of piperazine rings is 1. The largest absolute Gasteiger partial charge is 0.355 e. The molecule has 1 aliphatic heterocycles. The predicted octanol–water partition coefficient (Wildman–Crippen LogP) is 2.78. The molecule has 0 bridgehead atoms. The first-order chi connectivity index (χ1) is 12.0. The number of pyridine rings is 1. The maximum Gasteiger partial charge on any atom is 0.272 e. The van der Waals surface area contributed by atoms with Crippen molar-refractivity contribution in [3.05, 3.63) is 53.3 Å². The smallest absolute Gasteiger partial charge is 0.272 e. The summed E-state index contributed by atoms with van der Waals surface area (Å²) >= 11 is 5.88. The van der Waals surface area contributed by atoms with Crippen LogP contribution in [0.2, 0.25) is 5.02 Å². The topological polar surface area (TPSA) is 65.5 Å². The van der Waals surface area contributed by atoms with Crippen LogP contribution in [0, 0.1) is 0 Å². The summed E-state index contributed by atoms with van der Waals surface area (Å²) in [7, 11) is 0. The highest BCUT2D eigenvalue weighted by Crippen LogP contribution is 2.19. The quantitative estimate of drug-likeness (QED) is 0.916. The van der Waals surface area contributed by atoms with E-state index in [2.05, 4.69) is 10.3 Å². The van der Waals surface area contributed by atoms with Crippen molar-refractivity contribution < 1.29 is 9.59 Å². The summed E-state index contributed by atoms with van der Waals surface area (Å²) in [6, 6.07) is 10.9. The third-order valence-electron chi connectivity index (χ3n) is 4.12. The first-order valence-electron chi connectivity index (χ1n) is 8.06. The van der Waals surface area contributed by atoms with Gasteiger partial charge in [0, 0.05) is 55.7 Å². The van der Waals surface area contributed by atoms with Gasteiger partial charge >= 0.3 is 0 Å². The Labute approximate surface area is 151 Å². The fourth-order valence-electron chi connectivity index (χ4n) is 2.71. The van der Waals surface area contributed by atoms with Crippen molar-refractivity contribution in [2.24, 2.45) is 0 Å².